The van der Waals surface area contributed by atoms with E-state index in [9.17, 15) is 8.42 Å². The zero-order valence-electron chi connectivity index (χ0n) is 9.86. The molecule has 1 fully saturated rings. The van der Waals surface area contributed by atoms with E-state index < -0.39 is 10.0 Å². The van der Waals surface area contributed by atoms with Crippen LogP contribution in [-0.4, -0.2) is 49.1 Å². The average molecular weight is 314 g/mol. The summed E-state index contributed by atoms with van der Waals surface area (Å²) >= 11 is 3.30. The van der Waals surface area contributed by atoms with Crippen molar-refractivity contribution in [3.05, 3.63) is 0 Å². The molecule has 0 aromatic heterocycles. The zero-order chi connectivity index (χ0) is 12.2. The van der Waals surface area contributed by atoms with Crippen LogP contribution < -0.4 is 0 Å². The highest BCUT2D eigenvalue weighted by atomic mass is 79.9. The Morgan fingerprint density at radius 2 is 1.94 bits per heavy atom. The number of alkyl halides is 1. The molecule has 0 unspecified atom stereocenters. The van der Waals surface area contributed by atoms with Gasteiger partial charge in [-0.15, -0.1) is 0 Å². The fraction of sp³-hybridized carbons (Fsp3) is 1.00. The lowest BCUT2D eigenvalue weighted by molar-refractivity contribution is 0.0970. The molecule has 6 heteroatoms. The molecule has 0 spiro atoms. The summed E-state index contributed by atoms with van der Waals surface area (Å²) < 4.78 is 31.5. The number of hydrogen-bond acceptors (Lipinski definition) is 3. The van der Waals surface area contributed by atoms with Gasteiger partial charge < -0.3 is 4.74 Å². The maximum Gasteiger partial charge on any atom is 0.217 e. The zero-order valence-corrected chi connectivity index (χ0v) is 12.3. The fourth-order valence-corrected chi connectivity index (χ4v) is 4.65. The van der Waals surface area contributed by atoms with E-state index in [0.29, 0.717) is 37.9 Å². The highest BCUT2D eigenvalue weighted by molar-refractivity contribution is 9.09. The van der Waals surface area contributed by atoms with Crippen LogP contribution in [0.4, 0.5) is 0 Å². The summed E-state index contributed by atoms with van der Waals surface area (Å²) in [5.74, 6) is 0. The lowest BCUT2D eigenvalue weighted by Crippen LogP contribution is -2.45. The molecule has 0 bridgehead atoms. The average Bonchev–Trinajstić information content (AvgIpc) is 2.26. The molecule has 96 valence electrons. The summed E-state index contributed by atoms with van der Waals surface area (Å²) in [5.41, 5.74) is 0. The van der Waals surface area contributed by atoms with E-state index in [0.717, 1.165) is 0 Å². The van der Waals surface area contributed by atoms with Gasteiger partial charge in [0, 0.05) is 31.1 Å². The van der Waals surface area contributed by atoms with Crippen molar-refractivity contribution < 1.29 is 13.2 Å². The molecule has 0 amide bonds. The van der Waals surface area contributed by atoms with E-state index in [1.165, 1.54) is 0 Å². The maximum atomic E-state index is 12.4. The van der Waals surface area contributed by atoms with Crippen LogP contribution in [0.25, 0.3) is 0 Å². The van der Waals surface area contributed by atoms with Crippen LogP contribution >= 0.6 is 15.9 Å². The smallest absolute Gasteiger partial charge is 0.217 e. The van der Waals surface area contributed by atoms with Gasteiger partial charge in [0.2, 0.25) is 10.0 Å². The van der Waals surface area contributed by atoms with Crippen LogP contribution in [0, 0.1) is 0 Å². The number of sulfonamides is 1. The summed E-state index contributed by atoms with van der Waals surface area (Å²) in [4.78, 5) is 0. The molecule has 0 radical (unpaired) electrons. The molecule has 1 aliphatic heterocycles. The quantitative estimate of drug-likeness (QED) is 0.724. The predicted octanol–water partition coefficient (Wildman–Crippen LogP) is 1.60. The fourth-order valence-electron chi connectivity index (χ4n) is 1.93. The highest BCUT2D eigenvalue weighted by Gasteiger charge is 2.34. The molecule has 1 heterocycles. The van der Waals surface area contributed by atoms with Crippen molar-refractivity contribution in [3.63, 3.8) is 0 Å². The molecule has 1 saturated heterocycles. The Labute approximate surface area is 107 Å². The second-order valence-electron chi connectivity index (χ2n) is 4.25. The van der Waals surface area contributed by atoms with E-state index in [1.54, 1.807) is 4.31 Å². The molecule has 0 aromatic carbocycles. The molecule has 0 aliphatic carbocycles. The van der Waals surface area contributed by atoms with Crippen molar-refractivity contribution in [1.82, 2.24) is 4.31 Å². The molecule has 1 aliphatic rings. The van der Waals surface area contributed by atoms with E-state index in [-0.39, 0.29) is 11.3 Å². The number of rotatable bonds is 5. The van der Waals surface area contributed by atoms with Crippen LogP contribution in [0.2, 0.25) is 0 Å². The summed E-state index contributed by atoms with van der Waals surface area (Å²) in [5, 5.41) is 0.413. The van der Waals surface area contributed by atoms with Gasteiger partial charge in [-0.05, 0) is 26.7 Å². The monoisotopic (exact) mass is 313 g/mol. The Kier molecular flexibility index (Phi) is 5.70. The van der Waals surface area contributed by atoms with E-state index in [1.807, 2.05) is 13.8 Å². The third-order valence-electron chi connectivity index (χ3n) is 2.80. The van der Waals surface area contributed by atoms with Crippen molar-refractivity contribution in [2.45, 2.75) is 38.0 Å². The van der Waals surface area contributed by atoms with Crippen molar-refractivity contribution >= 4 is 26.0 Å². The molecular weight excluding hydrogens is 294 g/mol. The third kappa shape index (κ3) is 3.42. The van der Waals surface area contributed by atoms with Crippen LogP contribution in [0.15, 0.2) is 0 Å². The summed E-state index contributed by atoms with van der Waals surface area (Å²) in [6.45, 7) is 5.49. The minimum atomic E-state index is -3.16. The van der Waals surface area contributed by atoms with E-state index >= 15 is 0 Å². The maximum absolute atomic E-state index is 12.4. The first-order chi connectivity index (χ1) is 7.50. The van der Waals surface area contributed by atoms with Crippen LogP contribution in [-0.2, 0) is 14.8 Å². The minimum absolute atomic E-state index is 0.0189. The predicted molar refractivity (Wildman–Crippen MR) is 68.4 cm³/mol. The first kappa shape index (κ1) is 14.4. The van der Waals surface area contributed by atoms with Gasteiger partial charge >= 0.3 is 0 Å². The van der Waals surface area contributed by atoms with Gasteiger partial charge in [-0.3, -0.25) is 0 Å². The number of ether oxygens (including phenoxy) is 1. The van der Waals surface area contributed by atoms with Gasteiger partial charge in [0.15, 0.2) is 0 Å². The van der Waals surface area contributed by atoms with Crippen molar-refractivity contribution in [2.75, 3.05) is 25.1 Å². The van der Waals surface area contributed by atoms with Crippen molar-refractivity contribution in [2.24, 2.45) is 0 Å². The first-order valence-electron chi connectivity index (χ1n) is 5.64. The second kappa shape index (κ2) is 6.33. The molecular formula is C10H20BrNO3S. The number of halogens is 1. The van der Waals surface area contributed by atoms with Gasteiger partial charge in [0.25, 0.3) is 0 Å². The van der Waals surface area contributed by atoms with Crippen molar-refractivity contribution in [1.29, 1.82) is 0 Å². The Hall–Kier alpha value is 0.350. The standard InChI is InChI=1S/C10H20BrNO3S/c1-9(2)12(6-5-11)16(13,14)10-3-7-15-8-4-10/h9-10H,3-8H2,1-2H3. The summed E-state index contributed by atoms with van der Waals surface area (Å²) in [6, 6.07) is 0.0189. The summed E-state index contributed by atoms with van der Waals surface area (Å²) in [7, 11) is -3.16. The largest absolute Gasteiger partial charge is 0.381 e. The molecule has 16 heavy (non-hydrogen) atoms. The normalized spacial score (nSPS) is 19.6. The topological polar surface area (TPSA) is 46.6 Å². The Morgan fingerprint density at radius 3 is 2.38 bits per heavy atom. The van der Waals surface area contributed by atoms with Crippen molar-refractivity contribution in [3.8, 4) is 0 Å². The number of hydrogen-bond donors (Lipinski definition) is 0. The van der Waals surface area contributed by atoms with Gasteiger partial charge in [-0.1, -0.05) is 15.9 Å². The van der Waals surface area contributed by atoms with Crippen LogP contribution in [0.5, 0.6) is 0 Å². The van der Waals surface area contributed by atoms with Gasteiger partial charge in [0.05, 0.1) is 5.25 Å². The van der Waals surface area contributed by atoms with Crippen LogP contribution in [0.3, 0.4) is 0 Å². The Bertz CT molecular complexity index is 299. The van der Waals surface area contributed by atoms with Crippen LogP contribution in [0.1, 0.15) is 26.7 Å². The van der Waals surface area contributed by atoms with Gasteiger partial charge in [0.1, 0.15) is 0 Å². The molecule has 0 saturated carbocycles. The molecule has 0 atom stereocenters. The lowest BCUT2D eigenvalue weighted by atomic mass is 10.2. The van der Waals surface area contributed by atoms with E-state index in [2.05, 4.69) is 15.9 Å². The highest BCUT2D eigenvalue weighted by Crippen LogP contribution is 2.21. The van der Waals surface area contributed by atoms with Gasteiger partial charge in [-0.25, -0.2) is 8.42 Å². The molecule has 1 rings (SSSR count). The molecule has 4 nitrogen and oxygen atoms in total. The minimum Gasteiger partial charge on any atom is -0.381 e. The number of nitrogens with zero attached hydrogens (tertiary/aromatic N) is 1. The van der Waals surface area contributed by atoms with Gasteiger partial charge in [-0.2, -0.15) is 4.31 Å². The second-order valence-corrected chi connectivity index (χ2v) is 7.21. The Balaban J connectivity index is 2.79. The summed E-state index contributed by atoms with van der Waals surface area (Å²) in [6.07, 6.45) is 1.24. The van der Waals surface area contributed by atoms with E-state index in [4.69, 9.17) is 4.74 Å². The lowest BCUT2D eigenvalue weighted by Gasteiger charge is -2.31. The molecule has 0 N–H and O–H groups in total. The Morgan fingerprint density at radius 1 is 1.38 bits per heavy atom. The molecule has 0 aromatic rings. The first-order valence-corrected chi connectivity index (χ1v) is 8.27. The third-order valence-corrected chi connectivity index (χ3v) is 5.72. The SMILES string of the molecule is CC(C)N(CCBr)S(=O)(=O)C1CCOCC1.